The summed E-state index contributed by atoms with van der Waals surface area (Å²) in [5.41, 5.74) is 1.54. The van der Waals surface area contributed by atoms with E-state index in [0.29, 0.717) is 43.6 Å². The Labute approximate surface area is 164 Å². The van der Waals surface area contributed by atoms with Crippen molar-refractivity contribution < 1.29 is 14.0 Å². The zero-order valence-corrected chi connectivity index (χ0v) is 16.2. The van der Waals surface area contributed by atoms with Gasteiger partial charge in [-0.25, -0.2) is 4.98 Å². The summed E-state index contributed by atoms with van der Waals surface area (Å²) in [5.74, 6) is 0.818. The van der Waals surface area contributed by atoms with E-state index in [1.54, 1.807) is 21.9 Å². The van der Waals surface area contributed by atoms with E-state index in [4.69, 9.17) is 4.42 Å². The number of furan rings is 1. The van der Waals surface area contributed by atoms with E-state index < -0.39 is 0 Å². The summed E-state index contributed by atoms with van der Waals surface area (Å²) in [7, 11) is 0. The fourth-order valence-electron chi connectivity index (χ4n) is 3.95. The van der Waals surface area contributed by atoms with Crippen molar-refractivity contribution in [2.24, 2.45) is 5.92 Å². The average Bonchev–Trinajstić information content (AvgIpc) is 3.28. The Morgan fingerprint density at radius 2 is 1.79 bits per heavy atom. The maximum atomic E-state index is 12.8. The van der Waals surface area contributed by atoms with Crippen LogP contribution in [0, 0.1) is 5.92 Å². The molecule has 2 aromatic rings. The van der Waals surface area contributed by atoms with E-state index in [1.807, 2.05) is 18.3 Å². The standard InChI is InChI=1S/C21H26N4O3/c1-16-4-2-8-25(15-16)17-6-7-18(22-14-17)20(26)23-9-11-24(12-10-23)21(27)19-5-3-13-28-19/h3,5-7,13-14,16H,2,4,8-12,15H2,1H3. The molecule has 1 atom stereocenters. The van der Waals surface area contributed by atoms with Crippen LogP contribution < -0.4 is 4.90 Å². The molecule has 0 saturated carbocycles. The van der Waals surface area contributed by atoms with Crippen LogP contribution in [0.1, 0.15) is 40.8 Å². The third-order valence-corrected chi connectivity index (χ3v) is 5.58. The summed E-state index contributed by atoms with van der Waals surface area (Å²) < 4.78 is 5.17. The predicted molar refractivity (Wildman–Crippen MR) is 105 cm³/mol. The molecule has 0 aromatic carbocycles. The molecule has 0 aliphatic carbocycles. The van der Waals surface area contributed by atoms with Gasteiger partial charge in [-0.1, -0.05) is 6.92 Å². The number of pyridine rings is 1. The van der Waals surface area contributed by atoms with Crippen molar-refractivity contribution in [1.82, 2.24) is 14.8 Å². The first kappa shape index (κ1) is 18.5. The minimum Gasteiger partial charge on any atom is -0.459 e. The molecule has 2 amide bonds. The Kier molecular flexibility index (Phi) is 5.32. The van der Waals surface area contributed by atoms with Gasteiger partial charge in [0.05, 0.1) is 18.1 Å². The Morgan fingerprint density at radius 1 is 1.04 bits per heavy atom. The zero-order valence-electron chi connectivity index (χ0n) is 16.2. The summed E-state index contributed by atoms with van der Waals surface area (Å²) in [6.07, 6.45) is 5.77. The van der Waals surface area contributed by atoms with Crippen LogP contribution in [-0.2, 0) is 0 Å². The summed E-state index contributed by atoms with van der Waals surface area (Å²) >= 11 is 0. The molecule has 7 nitrogen and oxygen atoms in total. The quantitative estimate of drug-likeness (QED) is 0.816. The molecule has 2 aliphatic heterocycles. The van der Waals surface area contributed by atoms with E-state index in [1.165, 1.54) is 19.1 Å². The Bertz CT molecular complexity index is 811. The van der Waals surface area contributed by atoms with Crippen molar-refractivity contribution in [3.63, 3.8) is 0 Å². The second-order valence-electron chi connectivity index (χ2n) is 7.66. The first-order valence-corrected chi connectivity index (χ1v) is 9.95. The molecule has 2 aromatic heterocycles. The number of aromatic nitrogens is 1. The number of carbonyl (C=O) groups excluding carboxylic acids is 2. The van der Waals surface area contributed by atoms with Crippen molar-refractivity contribution in [2.75, 3.05) is 44.2 Å². The van der Waals surface area contributed by atoms with Gasteiger partial charge in [-0.05, 0) is 43.0 Å². The normalized spacial score (nSPS) is 20.3. The third kappa shape index (κ3) is 3.88. The maximum Gasteiger partial charge on any atom is 0.289 e. The number of nitrogens with zero attached hydrogens (tertiary/aromatic N) is 4. The lowest BCUT2D eigenvalue weighted by Gasteiger charge is -2.34. The molecule has 0 spiro atoms. The monoisotopic (exact) mass is 382 g/mol. The number of amides is 2. The molecular formula is C21H26N4O3. The molecule has 148 valence electrons. The smallest absolute Gasteiger partial charge is 0.289 e. The number of carbonyl (C=O) groups is 2. The van der Waals surface area contributed by atoms with Gasteiger partial charge in [-0.3, -0.25) is 9.59 Å². The number of piperazine rings is 1. The first-order valence-electron chi connectivity index (χ1n) is 9.95. The topological polar surface area (TPSA) is 69.9 Å². The number of anilines is 1. The minimum absolute atomic E-state index is 0.0799. The molecule has 1 unspecified atom stereocenters. The van der Waals surface area contributed by atoms with Crippen molar-refractivity contribution in [1.29, 1.82) is 0 Å². The van der Waals surface area contributed by atoms with Gasteiger partial charge in [0.15, 0.2) is 5.76 Å². The van der Waals surface area contributed by atoms with E-state index in [2.05, 4.69) is 16.8 Å². The fraction of sp³-hybridized carbons (Fsp3) is 0.476. The van der Waals surface area contributed by atoms with Crippen LogP contribution in [0.5, 0.6) is 0 Å². The highest BCUT2D eigenvalue weighted by atomic mass is 16.3. The Balaban J connectivity index is 1.34. The molecule has 28 heavy (non-hydrogen) atoms. The molecule has 0 bridgehead atoms. The van der Waals surface area contributed by atoms with Crippen LogP contribution in [0.2, 0.25) is 0 Å². The molecule has 2 fully saturated rings. The maximum absolute atomic E-state index is 12.8. The molecule has 2 saturated heterocycles. The molecule has 0 radical (unpaired) electrons. The lowest BCUT2D eigenvalue weighted by molar-refractivity contribution is 0.0515. The number of piperidine rings is 1. The van der Waals surface area contributed by atoms with Crippen molar-refractivity contribution in [3.8, 4) is 0 Å². The second kappa shape index (κ2) is 8.04. The second-order valence-corrected chi connectivity index (χ2v) is 7.66. The largest absolute Gasteiger partial charge is 0.459 e. The Hall–Kier alpha value is -2.83. The van der Waals surface area contributed by atoms with Crippen molar-refractivity contribution in [2.45, 2.75) is 19.8 Å². The van der Waals surface area contributed by atoms with E-state index in [-0.39, 0.29) is 11.8 Å². The summed E-state index contributed by atoms with van der Waals surface area (Å²) in [5, 5.41) is 0. The van der Waals surface area contributed by atoms with E-state index in [9.17, 15) is 9.59 Å². The average molecular weight is 382 g/mol. The molecule has 2 aliphatic rings. The van der Waals surface area contributed by atoms with Gasteiger partial charge in [0.2, 0.25) is 0 Å². The van der Waals surface area contributed by atoms with Crippen LogP contribution >= 0.6 is 0 Å². The number of hydrogen-bond acceptors (Lipinski definition) is 5. The molecular weight excluding hydrogens is 356 g/mol. The molecule has 4 heterocycles. The SMILES string of the molecule is CC1CCCN(c2ccc(C(=O)N3CCN(C(=O)c4ccco4)CC3)nc2)C1. The lowest BCUT2D eigenvalue weighted by Crippen LogP contribution is -2.50. The van der Waals surface area contributed by atoms with Gasteiger partial charge in [-0.2, -0.15) is 0 Å². The van der Waals surface area contributed by atoms with Gasteiger partial charge in [0, 0.05) is 39.3 Å². The van der Waals surface area contributed by atoms with Gasteiger partial charge < -0.3 is 19.1 Å². The van der Waals surface area contributed by atoms with Crippen molar-refractivity contribution in [3.05, 3.63) is 48.2 Å². The van der Waals surface area contributed by atoms with Crippen molar-refractivity contribution >= 4 is 17.5 Å². The lowest BCUT2D eigenvalue weighted by atomic mass is 10.00. The van der Waals surface area contributed by atoms with Crippen LogP contribution in [0.15, 0.2) is 41.1 Å². The molecule has 0 N–H and O–H groups in total. The van der Waals surface area contributed by atoms with Gasteiger partial charge in [-0.15, -0.1) is 0 Å². The van der Waals surface area contributed by atoms with Gasteiger partial charge in [0.25, 0.3) is 11.8 Å². The Morgan fingerprint density at radius 3 is 2.39 bits per heavy atom. The summed E-state index contributed by atoms with van der Waals surface area (Å²) in [4.78, 5) is 35.3. The molecule has 7 heteroatoms. The summed E-state index contributed by atoms with van der Waals surface area (Å²) in [6.45, 7) is 6.35. The third-order valence-electron chi connectivity index (χ3n) is 5.58. The highest BCUT2D eigenvalue weighted by Gasteiger charge is 2.27. The fourth-order valence-corrected chi connectivity index (χ4v) is 3.95. The highest BCUT2D eigenvalue weighted by Crippen LogP contribution is 2.22. The highest BCUT2D eigenvalue weighted by molar-refractivity contribution is 5.93. The first-order chi connectivity index (χ1) is 13.6. The predicted octanol–water partition coefficient (Wildman–Crippen LogP) is 2.51. The van der Waals surface area contributed by atoms with Crippen LogP contribution in [0.3, 0.4) is 0 Å². The van der Waals surface area contributed by atoms with Gasteiger partial charge in [0.1, 0.15) is 5.69 Å². The summed E-state index contributed by atoms with van der Waals surface area (Å²) in [6, 6.07) is 7.17. The van der Waals surface area contributed by atoms with Crippen LogP contribution in [0.25, 0.3) is 0 Å². The number of hydrogen-bond donors (Lipinski definition) is 0. The number of rotatable bonds is 3. The molecule has 4 rings (SSSR count). The minimum atomic E-state index is -0.129. The van der Waals surface area contributed by atoms with E-state index >= 15 is 0 Å². The van der Waals surface area contributed by atoms with Crippen LogP contribution in [0.4, 0.5) is 5.69 Å². The zero-order chi connectivity index (χ0) is 19.5. The van der Waals surface area contributed by atoms with E-state index in [0.717, 1.165) is 18.8 Å². The van der Waals surface area contributed by atoms with Crippen LogP contribution in [-0.4, -0.2) is 65.9 Å². The van der Waals surface area contributed by atoms with Gasteiger partial charge >= 0.3 is 0 Å².